The first-order valence-corrected chi connectivity index (χ1v) is 6.03. The van der Waals surface area contributed by atoms with Gasteiger partial charge in [0.15, 0.2) is 0 Å². The van der Waals surface area contributed by atoms with E-state index in [1.807, 2.05) is 11.4 Å². The molecular weight excluding hydrogens is 266 g/mol. The van der Waals surface area contributed by atoms with Crippen LogP contribution in [-0.4, -0.2) is 24.2 Å². The van der Waals surface area contributed by atoms with Gasteiger partial charge in [-0.25, -0.2) is 0 Å². The molecule has 2 N–H and O–H groups in total. The van der Waals surface area contributed by atoms with Crippen LogP contribution in [0.2, 0.25) is 0 Å². The van der Waals surface area contributed by atoms with Crippen molar-refractivity contribution in [3.8, 4) is 0 Å². The van der Waals surface area contributed by atoms with Gasteiger partial charge in [0.1, 0.15) is 0 Å². The lowest BCUT2D eigenvalue weighted by molar-refractivity contribution is -0.141. The zero-order valence-corrected chi connectivity index (χ0v) is 9.77. The number of hydrogen-bond acceptors (Lipinski definition) is 3. The maximum Gasteiger partial charge on any atom is 0.308 e. The van der Waals surface area contributed by atoms with E-state index < -0.39 is 5.97 Å². The van der Waals surface area contributed by atoms with Gasteiger partial charge >= 0.3 is 5.97 Å². The van der Waals surface area contributed by atoms with Crippen LogP contribution in [0, 0.1) is 5.92 Å². The predicted octanol–water partition coefficient (Wildman–Crippen LogP) is 1.90. The minimum Gasteiger partial charge on any atom is -0.481 e. The SMILES string of the molecule is O=C(O)[C@@H]1CNC[C@@H]1c1cc(Br)cs1. The number of carboxylic acid groups (broad SMARTS) is 1. The Balaban J connectivity index is 2.21. The van der Waals surface area contributed by atoms with Crippen LogP contribution in [0.4, 0.5) is 0 Å². The summed E-state index contributed by atoms with van der Waals surface area (Å²) in [5, 5.41) is 14.1. The van der Waals surface area contributed by atoms with Crippen LogP contribution >= 0.6 is 27.3 Å². The molecule has 1 aliphatic rings. The Morgan fingerprint density at radius 3 is 3.00 bits per heavy atom. The van der Waals surface area contributed by atoms with Crippen molar-refractivity contribution in [2.24, 2.45) is 5.92 Å². The average molecular weight is 276 g/mol. The van der Waals surface area contributed by atoms with Crippen LogP contribution < -0.4 is 5.32 Å². The van der Waals surface area contributed by atoms with Gasteiger partial charge in [-0.2, -0.15) is 0 Å². The first-order valence-electron chi connectivity index (χ1n) is 4.36. The van der Waals surface area contributed by atoms with Crippen molar-refractivity contribution in [1.29, 1.82) is 0 Å². The fraction of sp³-hybridized carbons (Fsp3) is 0.444. The maximum absolute atomic E-state index is 10.9. The molecular formula is C9H10BrNO2S. The zero-order valence-electron chi connectivity index (χ0n) is 7.37. The number of thiophene rings is 1. The molecule has 1 fully saturated rings. The van der Waals surface area contributed by atoms with Crippen molar-refractivity contribution in [3.63, 3.8) is 0 Å². The van der Waals surface area contributed by atoms with Crippen molar-refractivity contribution < 1.29 is 9.90 Å². The highest BCUT2D eigenvalue weighted by atomic mass is 79.9. The van der Waals surface area contributed by atoms with Crippen LogP contribution in [0.3, 0.4) is 0 Å². The highest BCUT2D eigenvalue weighted by Gasteiger charge is 2.34. The van der Waals surface area contributed by atoms with Crippen LogP contribution in [0.1, 0.15) is 10.8 Å². The van der Waals surface area contributed by atoms with E-state index in [9.17, 15) is 4.79 Å². The number of hydrogen-bond donors (Lipinski definition) is 2. The number of carbonyl (C=O) groups is 1. The van der Waals surface area contributed by atoms with Crippen molar-refractivity contribution in [1.82, 2.24) is 5.32 Å². The molecule has 2 heterocycles. The molecule has 76 valence electrons. The summed E-state index contributed by atoms with van der Waals surface area (Å²) in [5.41, 5.74) is 0. The highest BCUT2D eigenvalue weighted by molar-refractivity contribution is 9.10. The summed E-state index contributed by atoms with van der Waals surface area (Å²) in [5.74, 6) is -0.853. The first kappa shape index (κ1) is 10.1. The van der Waals surface area contributed by atoms with Crippen molar-refractivity contribution >= 4 is 33.2 Å². The van der Waals surface area contributed by atoms with Crippen LogP contribution in [0.25, 0.3) is 0 Å². The Labute approximate surface area is 94.3 Å². The van der Waals surface area contributed by atoms with E-state index in [1.54, 1.807) is 11.3 Å². The molecule has 0 radical (unpaired) electrons. The monoisotopic (exact) mass is 275 g/mol. The van der Waals surface area contributed by atoms with Crippen molar-refractivity contribution in [3.05, 3.63) is 20.8 Å². The summed E-state index contributed by atoms with van der Waals surface area (Å²) < 4.78 is 1.04. The molecule has 0 amide bonds. The molecule has 0 saturated carbocycles. The number of carboxylic acids is 1. The smallest absolute Gasteiger partial charge is 0.308 e. The average Bonchev–Trinajstić information content (AvgIpc) is 2.70. The molecule has 0 bridgehead atoms. The van der Waals surface area contributed by atoms with E-state index in [0.717, 1.165) is 15.9 Å². The molecule has 5 heteroatoms. The van der Waals surface area contributed by atoms with Crippen LogP contribution in [0.5, 0.6) is 0 Å². The fourth-order valence-electron chi connectivity index (χ4n) is 1.76. The Morgan fingerprint density at radius 1 is 1.64 bits per heavy atom. The summed E-state index contributed by atoms with van der Waals surface area (Å²) in [4.78, 5) is 12.1. The molecule has 1 aromatic rings. The molecule has 1 saturated heterocycles. The summed E-state index contributed by atoms with van der Waals surface area (Å²) in [6.07, 6.45) is 0. The van der Waals surface area contributed by atoms with E-state index >= 15 is 0 Å². The molecule has 0 unspecified atom stereocenters. The van der Waals surface area contributed by atoms with E-state index in [4.69, 9.17) is 5.11 Å². The lowest BCUT2D eigenvalue weighted by Gasteiger charge is -2.11. The molecule has 2 rings (SSSR count). The van der Waals surface area contributed by atoms with Crippen molar-refractivity contribution in [2.45, 2.75) is 5.92 Å². The summed E-state index contributed by atoms with van der Waals surface area (Å²) in [6, 6.07) is 2.01. The molecule has 14 heavy (non-hydrogen) atoms. The van der Waals surface area contributed by atoms with E-state index in [-0.39, 0.29) is 11.8 Å². The third-order valence-corrected chi connectivity index (χ3v) is 4.31. The lowest BCUT2D eigenvalue weighted by atomic mass is 9.95. The second kappa shape index (κ2) is 4.00. The van der Waals surface area contributed by atoms with E-state index in [2.05, 4.69) is 21.2 Å². The largest absolute Gasteiger partial charge is 0.481 e. The quantitative estimate of drug-likeness (QED) is 0.867. The van der Waals surface area contributed by atoms with Crippen LogP contribution in [-0.2, 0) is 4.79 Å². The summed E-state index contributed by atoms with van der Waals surface area (Å²) >= 11 is 5.00. The standard InChI is InChI=1S/C9H10BrNO2S/c10-5-1-8(14-4-5)6-2-11-3-7(6)9(12)13/h1,4,6-7,11H,2-3H2,(H,12,13)/t6-,7+/m0/s1. The normalized spacial score (nSPS) is 26.6. The second-order valence-electron chi connectivity index (χ2n) is 3.38. The molecule has 0 aromatic carbocycles. The van der Waals surface area contributed by atoms with Gasteiger partial charge < -0.3 is 10.4 Å². The molecule has 1 aromatic heterocycles. The van der Waals surface area contributed by atoms with Crippen molar-refractivity contribution in [2.75, 3.05) is 13.1 Å². The van der Waals surface area contributed by atoms with Gasteiger partial charge in [0, 0.05) is 33.7 Å². The van der Waals surface area contributed by atoms with Gasteiger partial charge in [0.05, 0.1) is 5.92 Å². The Kier molecular flexibility index (Phi) is 2.90. The van der Waals surface area contributed by atoms with E-state index in [0.29, 0.717) is 6.54 Å². The Bertz CT molecular complexity index is 352. The summed E-state index contributed by atoms with van der Waals surface area (Å²) in [7, 11) is 0. The van der Waals surface area contributed by atoms with Gasteiger partial charge in [0.2, 0.25) is 0 Å². The van der Waals surface area contributed by atoms with Gasteiger partial charge in [-0.1, -0.05) is 0 Å². The minimum atomic E-state index is -0.704. The molecule has 1 aliphatic heterocycles. The third-order valence-electron chi connectivity index (χ3n) is 2.48. The fourth-order valence-corrected chi connectivity index (χ4v) is 3.37. The van der Waals surface area contributed by atoms with Crippen LogP contribution in [0.15, 0.2) is 15.9 Å². The van der Waals surface area contributed by atoms with Gasteiger partial charge in [0.25, 0.3) is 0 Å². The predicted molar refractivity (Wildman–Crippen MR) is 58.8 cm³/mol. The minimum absolute atomic E-state index is 0.129. The van der Waals surface area contributed by atoms with Gasteiger partial charge in [-0.15, -0.1) is 11.3 Å². The third kappa shape index (κ3) is 1.85. The highest BCUT2D eigenvalue weighted by Crippen LogP contribution is 2.34. The van der Waals surface area contributed by atoms with Gasteiger partial charge in [-0.3, -0.25) is 4.79 Å². The topological polar surface area (TPSA) is 49.3 Å². The van der Waals surface area contributed by atoms with Gasteiger partial charge in [-0.05, 0) is 22.0 Å². The Morgan fingerprint density at radius 2 is 2.43 bits per heavy atom. The number of aliphatic carboxylic acids is 1. The number of rotatable bonds is 2. The lowest BCUT2D eigenvalue weighted by Crippen LogP contribution is -2.20. The summed E-state index contributed by atoms with van der Waals surface area (Å²) in [6.45, 7) is 1.35. The molecule has 3 nitrogen and oxygen atoms in total. The zero-order chi connectivity index (χ0) is 10.1. The number of halogens is 1. The second-order valence-corrected chi connectivity index (χ2v) is 5.24. The maximum atomic E-state index is 10.9. The Hall–Kier alpha value is -0.390. The molecule has 0 aliphatic carbocycles. The molecule has 2 atom stereocenters. The van der Waals surface area contributed by atoms with E-state index in [1.165, 1.54) is 0 Å². The molecule has 0 spiro atoms. The number of nitrogens with one attached hydrogen (secondary N) is 1. The first-order chi connectivity index (χ1) is 6.68.